The number of sulfonamides is 1. The predicted molar refractivity (Wildman–Crippen MR) is 119 cm³/mol. The van der Waals surface area contributed by atoms with Gasteiger partial charge in [0.15, 0.2) is 5.13 Å². The van der Waals surface area contributed by atoms with Gasteiger partial charge in [-0.25, -0.2) is 13.4 Å². The lowest BCUT2D eigenvalue weighted by Crippen LogP contribution is -2.30. The summed E-state index contributed by atoms with van der Waals surface area (Å²) in [5.41, 5.74) is 5.20. The lowest BCUT2D eigenvalue weighted by Gasteiger charge is -2.18. The standard InChI is InChI=1S/C21H25N3O2S2.H2/c1-5-24(6-2)28(25,26)19-11-8-17(9-12-19)20-14-27-21(23-20)22-18-10-7-15(3)16(4)13-18;/h7-14H,5-6H2,1-4H3,(H,22,23);1H. The van der Waals surface area contributed by atoms with Crippen molar-refractivity contribution in [2.75, 3.05) is 18.4 Å². The lowest BCUT2D eigenvalue weighted by atomic mass is 10.1. The molecule has 0 amide bonds. The van der Waals surface area contributed by atoms with E-state index < -0.39 is 10.0 Å². The number of aromatic nitrogens is 1. The van der Waals surface area contributed by atoms with Gasteiger partial charge in [-0.15, -0.1) is 11.3 Å². The summed E-state index contributed by atoms with van der Waals surface area (Å²) in [6, 6.07) is 13.1. The van der Waals surface area contributed by atoms with Crippen molar-refractivity contribution in [1.29, 1.82) is 0 Å². The zero-order chi connectivity index (χ0) is 20.3. The Hall–Kier alpha value is -2.22. The van der Waals surface area contributed by atoms with Gasteiger partial charge in [-0.05, 0) is 49.2 Å². The number of anilines is 2. The van der Waals surface area contributed by atoms with Crippen LogP contribution in [0.25, 0.3) is 11.3 Å². The molecule has 1 N–H and O–H groups in total. The predicted octanol–water partition coefficient (Wildman–Crippen LogP) is 5.45. The zero-order valence-corrected chi connectivity index (χ0v) is 18.2. The van der Waals surface area contributed by atoms with Gasteiger partial charge in [-0.1, -0.05) is 32.0 Å². The summed E-state index contributed by atoms with van der Waals surface area (Å²) < 4.78 is 26.7. The normalized spacial score (nSPS) is 11.8. The summed E-state index contributed by atoms with van der Waals surface area (Å²) in [4.78, 5) is 4.94. The van der Waals surface area contributed by atoms with E-state index in [4.69, 9.17) is 0 Å². The highest BCUT2D eigenvalue weighted by atomic mass is 32.2. The van der Waals surface area contributed by atoms with Crippen LogP contribution in [0.3, 0.4) is 0 Å². The summed E-state index contributed by atoms with van der Waals surface area (Å²) in [6.07, 6.45) is 0. The maximum absolute atomic E-state index is 12.6. The van der Waals surface area contributed by atoms with E-state index in [0.717, 1.165) is 22.1 Å². The number of thiazole rings is 1. The van der Waals surface area contributed by atoms with Crippen molar-refractivity contribution in [2.45, 2.75) is 32.6 Å². The van der Waals surface area contributed by atoms with Crippen LogP contribution >= 0.6 is 11.3 Å². The molecule has 150 valence electrons. The molecule has 0 radical (unpaired) electrons. The first-order valence-electron chi connectivity index (χ1n) is 9.25. The summed E-state index contributed by atoms with van der Waals surface area (Å²) in [5.74, 6) is 0. The molecule has 0 unspecified atom stereocenters. The molecular weight excluding hydrogens is 390 g/mol. The van der Waals surface area contributed by atoms with E-state index in [1.807, 2.05) is 37.4 Å². The van der Waals surface area contributed by atoms with Gasteiger partial charge >= 0.3 is 0 Å². The molecule has 1 aromatic heterocycles. The smallest absolute Gasteiger partial charge is 0.243 e. The van der Waals surface area contributed by atoms with Gasteiger partial charge in [0, 0.05) is 31.1 Å². The second-order valence-corrected chi connectivity index (χ2v) is 9.37. The van der Waals surface area contributed by atoms with E-state index >= 15 is 0 Å². The molecular formula is C21H27N3O2S2. The third-order valence-corrected chi connectivity index (χ3v) is 7.58. The van der Waals surface area contributed by atoms with Gasteiger partial charge in [0.2, 0.25) is 10.0 Å². The van der Waals surface area contributed by atoms with Crippen LogP contribution in [0.5, 0.6) is 0 Å². The Morgan fingerprint density at radius 1 is 1.04 bits per heavy atom. The second-order valence-electron chi connectivity index (χ2n) is 6.58. The number of nitrogens with one attached hydrogen (secondary N) is 1. The van der Waals surface area contributed by atoms with Gasteiger partial charge in [0.25, 0.3) is 0 Å². The number of nitrogens with zero attached hydrogens (tertiary/aromatic N) is 2. The molecule has 7 heteroatoms. The third kappa shape index (κ3) is 4.27. The number of benzene rings is 2. The minimum Gasteiger partial charge on any atom is -0.332 e. The van der Waals surface area contributed by atoms with Crippen LogP contribution in [-0.2, 0) is 10.0 Å². The maximum atomic E-state index is 12.6. The Morgan fingerprint density at radius 2 is 1.71 bits per heavy atom. The molecule has 0 spiro atoms. The van der Waals surface area contributed by atoms with E-state index in [2.05, 4.69) is 36.3 Å². The van der Waals surface area contributed by atoms with Crippen molar-refractivity contribution in [3.05, 3.63) is 59.0 Å². The molecule has 2 aromatic carbocycles. The molecule has 0 saturated heterocycles. The Morgan fingerprint density at radius 3 is 2.32 bits per heavy atom. The summed E-state index contributed by atoms with van der Waals surface area (Å²) >= 11 is 1.52. The van der Waals surface area contributed by atoms with Crippen molar-refractivity contribution < 1.29 is 9.84 Å². The van der Waals surface area contributed by atoms with Crippen molar-refractivity contribution >= 4 is 32.2 Å². The monoisotopic (exact) mass is 417 g/mol. The Bertz CT molecular complexity index is 1060. The Balaban J connectivity index is 0.00000300. The topological polar surface area (TPSA) is 62.3 Å². The van der Waals surface area contributed by atoms with E-state index in [0.29, 0.717) is 18.0 Å². The molecule has 0 aliphatic carbocycles. The number of hydrogen-bond donors (Lipinski definition) is 1. The summed E-state index contributed by atoms with van der Waals surface area (Å²) in [5, 5.41) is 6.11. The first-order chi connectivity index (χ1) is 13.3. The average molecular weight is 418 g/mol. The summed E-state index contributed by atoms with van der Waals surface area (Å²) in [6.45, 7) is 8.77. The lowest BCUT2D eigenvalue weighted by molar-refractivity contribution is 0.445. The second kappa shape index (κ2) is 8.43. The first kappa shape index (κ1) is 20.5. The summed E-state index contributed by atoms with van der Waals surface area (Å²) in [7, 11) is -3.44. The number of aryl methyl sites for hydroxylation is 2. The van der Waals surface area contributed by atoms with Gasteiger partial charge in [0.1, 0.15) is 0 Å². The van der Waals surface area contributed by atoms with Crippen molar-refractivity contribution in [2.24, 2.45) is 0 Å². The van der Waals surface area contributed by atoms with E-state index in [9.17, 15) is 8.42 Å². The van der Waals surface area contributed by atoms with E-state index in [-0.39, 0.29) is 1.43 Å². The maximum Gasteiger partial charge on any atom is 0.243 e. The van der Waals surface area contributed by atoms with Crippen molar-refractivity contribution in [3.63, 3.8) is 0 Å². The molecule has 28 heavy (non-hydrogen) atoms. The molecule has 1 heterocycles. The fraction of sp³-hybridized carbons (Fsp3) is 0.286. The van der Waals surface area contributed by atoms with Crippen LogP contribution < -0.4 is 5.32 Å². The van der Waals surface area contributed by atoms with Crippen LogP contribution in [0.1, 0.15) is 26.4 Å². The van der Waals surface area contributed by atoms with Gasteiger partial charge in [-0.2, -0.15) is 4.31 Å². The Kier molecular flexibility index (Phi) is 6.17. The highest BCUT2D eigenvalue weighted by molar-refractivity contribution is 7.89. The van der Waals surface area contributed by atoms with Crippen LogP contribution in [0, 0.1) is 13.8 Å². The fourth-order valence-electron chi connectivity index (χ4n) is 2.92. The average Bonchev–Trinajstić information content (AvgIpc) is 3.14. The molecule has 0 aliphatic heterocycles. The molecule has 0 saturated carbocycles. The molecule has 0 fully saturated rings. The minimum atomic E-state index is -3.44. The van der Waals surface area contributed by atoms with Crippen molar-refractivity contribution in [3.8, 4) is 11.3 Å². The van der Waals surface area contributed by atoms with Gasteiger partial charge in [-0.3, -0.25) is 0 Å². The molecule has 5 nitrogen and oxygen atoms in total. The van der Waals surface area contributed by atoms with Gasteiger partial charge < -0.3 is 5.32 Å². The van der Waals surface area contributed by atoms with Crippen LogP contribution in [0.15, 0.2) is 52.7 Å². The molecule has 3 aromatic rings. The van der Waals surface area contributed by atoms with Crippen LogP contribution in [-0.4, -0.2) is 30.8 Å². The number of hydrogen-bond acceptors (Lipinski definition) is 5. The fourth-order valence-corrected chi connectivity index (χ4v) is 5.11. The van der Waals surface area contributed by atoms with Crippen molar-refractivity contribution in [1.82, 2.24) is 9.29 Å². The largest absolute Gasteiger partial charge is 0.332 e. The third-order valence-electron chi connectivity index (χ3n) is 4.76. The van der Waals surface area contributed by atoms with E-state index in [1.54, 1.807) is 12.1 Å². The SMILES string of the molecule is CCN(CC)S(=O)(=O)c1ccc(-c2csc(Nc3ccc(C)c(C)c3)n2)cc1.[HH]. The highest BCUT2D eigenvalue weighted by Gasteiger charge is 2.21. The first-order valence-corrected chi connectivity index (χ1v) is 11.6. The zero-order valence-electron chi connectivity index (χ0n) is 16.6. The molecule has 0 bridgehead atoms. The molecule has 0 aliphatic rings. The highest BCUT2D eigenvalue weighted by Crippen LogP contribution is 2.29. The Labute approximate surface area is 172 Å². The molecule has 3 rings (SSSR count). The van der Waals surface area contributed by atoms with Crippen LogP contribution in [0.4, 0.5) is 10.8 Å². The van der Waals surface area contributed by atoms with Gasteiger partial charge in [0.05, 0.1) is 10.6 Å². The molecule has 0 atom stereocenters. The number of rotatable bonds is 7. The van der Waals surface area contributed by atoms with E-state index in [1.165, 1.54) is 26.8 Å². The minimum absolute atomic E-state index is 0. The van der Waals surface area contributed by atoms with Crippen LogP contribution in [0.2, 0.25) is 0 Å². The quantitative estimate of drug-likeness (QED) is 0.555.